The average Bonchev–Trinajstić information content (AvgIpc) is 2.86. The molecule has 0 aliphatic rings. The largest absolute Gasteiger partial charge is 0.357 e. The minimum atomic E-state index is -4.14. The van der Waals surface area contributed by atoms with Crippen molar-refractivity contribution in [2.45, 2.75) is 31.3 Å². The molecule has 0 unspecified atom stereocenters. The maximum absolute atomic E-state index is 13.7. The van der Waals surface area contributed by atoms with Crippen LogP contribution in [0.25, 0.3) is 0 Å². The summed E-state index contributed by atoms with van der Waals surface area (Å²) in [5, 5.41) is 3.48. The van der Waals surface area contributed by atoms with E-state index in [2.05, 4.69) is 5.32 Å². The standard InChI is InChI=1S/C26H27Cl2N3O4S/c1-18-5-4-6-23(15-18)31(36(34,35)24-13-11-22(28)12-14-24)17-25(32)30(19(2)26(33)29-3)16-20-7-9-21(27)10-8-20/h4-15,19H,16-17H2,1-3H3,(H,29,33)/t19-/m1/s1. The molecule has 3 aromatic rings. The average molecular weight is 548 g/mol. The molecule has 0 heterocycles. The lowest BCUT2D eigenvalue weighted by atomic mass is 10.1. The fourth-order valence-electron chi connectivity index (χ4n) is 3.62. The molecule has 0 aliphatic carbocycles. The van der Waals surface area contributed by atoms with Crippen LogP contribution in [-0.4, -0.2) is 44.8 Å². The van der Waals surface area contributed by atoms with E-state index in [-0.39, 0.29) is 17.3 Å². The zero-order valence-electron chi connectivity index (χ0n) is 20.1. The third kappa shape index (κ3) is 6.57. The Morgan fingerprint density at radius 3 is 2.08 bits per heavy atom. The Kier molecular flexibility index (Phi) is 9.00. The number of carbonyl (C=O) groups excluding carboxylic acids is 2. The molecule has 10 heteroatoms. The Labute approximate surface area is 221 Å². The molecule has 3 aromatic carbocycles. The van der Waals surface area contributed by atoms with E-state index in [1.54, 1.807) is 49.4 Å². The predicted octanol–water partition coefficient (Wildman–Crippen LogP) is 4.66. The molecular formula is C26H27Cl2N3O4S. The van der Waals surface area contributed by atoms with E-state index in [1.807, 2.05) is 13.0 Å². The summed E-state index contributed by atoms with van der Waals surface area (Å²) < 4.78 is 28.4. The zero-order chi connectivity index (χ0) is 26.5. The number of likely N-dealkylation sites (N-methyl/N-ethyl adjacent to an activating group) is 1. The summed E-state index contributed by atoms with van der Waals surface area (Å²) in [6.07, 6.45) is 0. The van der Waals surface area contributed by atoms with Crippen molar-refractivity contribution in [3.63, 3.8) is 0 Å². The van der Waals surface area contributed by atoms with Crippen molar-refractivity contribution in [2.24, 2.45) is 0 Å². The Morgan fingerprint density at radius 2 is 1.53 bits per heavy atom. The number of benzene rings is 3. The van der Waals surface area contributed by atoms with Crippen LogP contribution in [0.4, 0.5) is 5.69 Å². The van der Waals surface area contributed by atoms with Gasteiger partial charge >= 0.3 is 0 Å². The first-order valence-corrected chi connectivity index (χ1v) is 13.3. The second-order valence-electron chi connectivity index (χ2n) is 8.24. The highest BCUT2D eigenvalue weighted by molar-refractivity contribution is 7.92. The first-order valence-electron chi connectivity index (χ1n) is 11.1. The smallest absolute Gasteiger partial charge is 0.264 e. The van der Waals surface area contributed by atoms with Gasteiger partial charge in [0.1, 0.15) is 12.6 Å². The van der Waals surface area contributed by atoms with Gasteiger partial charge in [-0.25, -0.2) is 8.42 Å². The summed E-state index contributed by atoms with van der Waals surface area (Å²) >= 11 is 11.9. The van der Waals surface area contributed by atoms with E-state index < -0.39 is 28.5 Å². The number of sulfonamides is 1. The van der Waals surface area contributed by atoms with Crippen molar-refractivity contribution in [3.8, 4) is 0 Å². The summed E-state index contributed by atoms with van der Waals surface area (Å²) in [6, 6.07) is 18.6. The number of aryl methyl sites for hydroxylation is 1. The minimum Gasteiger partial charge on any atom is -0.357 e. The third-order valence-electron chi connectivity index (χ3n) is 5.65. The molecule has 0 bridgehead atoms. The Hall–Kier alpha value is -3.07. The molecule has 7 nitrogen and oxygen atoms in total. The molecule has 190 valence electrons. The Bertz CT molecular complexity index is 1330. The number of hydrogen-bond donors (Lipinski definition) is 1. The summed E-state index contributed by atoms with van der Waals surface area (Å²) in [5.74, 6) is -0.917. The summed E-state index contributed by atoms with van der Waals surface area (Å²) in [7, 11) is -2.66. The monoisotopic (exact) mass is 547 g/mol. The van der Waals surface area contributed by atoms with Gasteiger partial charge in [0.25, 0.3) is 10.0 Å². The number of anilines is 1. The van der Waals surface area contributed by atoms with Gasteiger partial charge in [-0.3, -0.25) is 13.9 Å². The van der Waals surface area contributed by atoms with Crippen LogP contribution in [0.3, 0.4) is 0 Å². The van der Waals surface area contributed by atoms with Gasteiger partial charge in [-0.1, -0.05) is 47.5 Å². The van der Waals surface area contributed by atoms with E-state index in [1.165, 1.54) is 36.2 Å². The molecule has 0 fully saturated rings. The van der Waals surface area contributed by atoms with Crippen molar-refractivity contribution in [3.05, 3.63) is 94.0 Å². The molecule has 0 radical (unpaired) electrons. The summed E-state index contributed by atoms with van der Waals surface area (Å²) in [6.45, 7) is 3.01. The van der Waals surface area contributed by atoms with Gasteiger partial charge in [-0.05, 0) is 73.5 Å². The van der Waals surface area contributed by atoms with Crippen LogP contribution in [0.1, 0.15) is 18.1 Å². The van der Waals surface area contributed by atoms with Crippen LogP contribution in [0.5, 0.6) is 0 Å². The fraction of sp³-hybridized carbons (Fsp3) is 0.231. The number of hydrogen-bond acceptors (Lipinski definition) is 4. The number of amides is 2. The van der Waals surface area contributed by atoms with E-state index in [9.17, 15) is 18.0 Å². The van der Waals surface area contributed by atoms with Crippen molar-refractivity contribution in [1.82, 2.24) is 10.2 Å². The SMILES string of the molecule is CNC(=O)[C@@H](C)N(Cc1ccc(Cl)cc1)C(=O)CN(c1cccc(C)c1)S(=O)(=O)c1ccc(Cl)cc1. The molecule has 2 amide bonds. The van der Waals surface area contributed by atoms with Gasteiger partial charge in [0.15, 0.2) is 0 Å². The van der Waals surface area contributed by atoms with Gasteiger partial charge in [0.05, 0.1) is 10.6 Å². The highest BCUT2D eigenvalue weighted by Crippen LogP contribution is 2.26. The lowest BCUT2D eigenvalue weighted by Gasteiger charge is -2.32. The maximum Gasteiger partial charge on any atom is 0.264 e. The summed E-state index contributed by atoms with van der Waals surface area (Å²) in [5.41, 5.74) is 1.90. The van der Waals surface area contributed by atoms with Gasteiger partial charge in [-0.15, -0.1) is 0 Å². The molecule has 0 saturated carbocycles. The molecule has 0 saturated heterocycles. The maximum atomic E-state index is 13.7. The molecule has 0 spiro atoms. The van der Waals surface area contributed by atoms with Crippen LogP contribution >= 0.6 is 23.2 Å². The predicted molar refractivity (Wildman–Crippen MR) is 143 cm³/mol. The zero-order valence-corrected chi connectivity index (χ0v) is 22.4. The van der Waals surface area contributed by atoms with Crippen LogP contribution < -0.4 is 9.62 Å². The van der Waals surface area contributed by atoms with Gasteiger partial charge in [-0.2, -0.15) is 0 Å². The highest BCUT2D eigenvalue weighted by Gasteiger charge is 2.32. The molecule has 1 N–H and O–H groups in total. The van der Waals surface area contributed by atoms with Gasteiger partial charge < -0.3 is 10.2 Å². The number of nitrogens with zero attached hydrogens (tertiary/aromatic N) is 2. The van der Waals surface area contributed by atoms with E-state index in [0.717, 1.165) is 15.4 Å². The van der Waals surface area contributed by atoms with Crippen LogP contribution in [-0.2, 0) is 26.2 Å². The number of rotatable bonds is 9. The Balaban J connectivity index is 2.02. The molecule has 36 heavy (non-hydrogen) atoms. The quantitative estimate of drug-likeness (QED) is 0.422. The number of carbonyl (C=O) groups is 2. The number of nitrogens with one attached hydrogen (secondary N) is 1. The fourth-order valence-corrected chi connectivity index (χ4v) is 5.28. The second-order valence-corrected chi connectivity index (χ2v) is 11.0. The van der Waals surface area contributed by atoms with Crippen molar-refractivity contribution in [2.75, 3.05) is 17.9 Å². The van der Waals surface area contributed by atoms with Crippen LogP contribution in [0.2, 0.25) is 10.0 Å². The van der Waals surface area contributed by atoms with Crippen LogP contribution in [0, 0.1) is 6.92 Å². The lowest BCUT2D eigenvalue weighted by Crippen LogP contribution is -2.50. The molecule has 0 aromatic heterocycles. The molecule has 3 rings (SSSR count). The second kappa shape index (κ2) is 11.8. The van der Waals surface area contributed by atoms with Crippen molar-refractivity contribution < 1.29 is 18.0 Å². The van der Waals surface area contributed by atoms with E-state index in [0.29, 0.717) is 15.7 Å². The molecule has 1 atom stereocenters. The Morgan fingerprint density at radius 1 is 0.944 bits per heavy atom. The minimum absolute atomic E-state index is 0.00944. The molecular weight excluding hydrogens is 521 g/mol. The number of halogens is 2. The van der Waals surface area contributed by atoms with E-state index >= 15 is 0 Å². The molecule has 0 aliphatic heterocycles. The van der Waals surface area contributed by atoms with Crippen molar-refractivity contribution >= 4 is 50.7 Å². The van der Waals surface area contributed by atoms with Gasteiger partial charge in [0.2, 0.25) is 11.8 Å². The topological polar surface area (TPSA) is 86.8 Å². The summed E-state index contributed by atoms with van der Waals surface area (Å²) in [4.78, 5) is 27.5. The first kappa shape index (κ1) is 27.5. The van der Waals surface area contributed by atoms with E-state index in [4.69, 9.17) is 23.2 Å². The van der Waals surface area contributed by atoms with Gasteiger partial charge in [0, 0.05) is 23.6 Å². The third-order valence-corrected chi connectivity index (χ3v) is 7.94. The van der Waals surface area contributed by atoms with Crippen molar-refractivity contribution in [1.29, 1.82) is 0 Å². The highest BCUT2D eigenvalue weighted by atomic mass is 35.5. The first-order chi connectivity index (χ1) is 17.0. The lowest BCUT2D eigenvalue weighted by molar-refractivity contribution is -0.139. The normalized spacial score (nSPS) is 12.0. The van der Waals surface area contributed by atoms with Crippen LogP contribution in [0.15, 0.2) is 77.7 Å².